The van der Waals surface area contributed by atoms with Crippen LogP contribution in [0.3, 0.4) is 0 Å². The van der Waals surface area contributed by atoms with Crippen molar-refractivity contribution in [2.45, 2.75) is 50.2 Å². The van der Waals surface area contributed by atoms with Crippen LogP contribution in [0.2, 0.25) is 10.0 Å². The van der Waals surface area contributed by atoms with Crippen LogP contribution in [0.1, 0.15) is 44.1 Å². The molecule has 1 aliphatic heterocycles. The summed E-state index contributed by atoms with van der Waals surface area (Å²) in [4.78, 5) is 11.9. The molecule has 0 spiro atoms. The molecule has 0 amide bonds. The topological polar surface area (TPSA) is 68.6 Å². The minimum atomic E-state index is -1.04. The normalized spacial score (nSPS) is 19.4. The minimum absolute atomic E-state index is 0.0576. The van der Waals surface area contributed by atoms with E-state index in [0.29, 0.717) is 35.1 Å². The number of hydrogen-bond donors (Lipinski definition) is 0. The summed E-state index contributed by atoms with van der Waals surface area (Å²) in [6.45, 7) is 1.18. The number of hydrogen-bond acceptors (Lipinski definition) is 5. The fourth-order valence-electron chi connectivity index (χ4n) is 3.04. The van der Waals surface area contributed by atoms with Crippen LogP contribution < -0.4 is 0 Å². The third-order valence-electron chi connectivity index (χ3n) is 4.55. The van der Waals surface area contributed by atoms with Crippen LogP contribution in [0.5, 0.6) is 0 Å². The van der Waals surface area contributed by atoms with Crippen LogP contribution in [0, 0.1) is 11.3 Å². The van der Waals surface area contributed by atoms with E-state index in [4.69, 9.17) is 37.4 Å². The Bertz CT molecular complexity index is 655. The Labute approximate surface area is 164 Å². The lowest BCUT2D eigenvalue weighted by Crippen LogP contribution is -2.29. The average Bonchev–Trinajstić information content (AvgIpc) is 2.67. The van der Waals surface area contributed by atoms with Crippen molar-refractivity contribution in [1.29, 1.82) is 5.26 Å². The summed E-state index contributed by atoms with van der Waals surface area (Å²) in [5.74, 6) is -0.450. The first-order valence-corrected chi connectivity index (χ1v) is 9.43. The number of nitriles is 1. The number of benzene rings is 1. The number of carbonyl (C=O) groups excluding carboxylic acids is 1. The maximum atomic E-state index is 11.9. The van der Waals surface area contributed by atoms with Crippen LogP contribution >= 0.6 is 23.2 Å². The Kier molecular flexibility index (Phi) is 8.17. The van der Waals surface area contributed by atoms with Gasteiger partial charge in [0.15, 0.2) is 6.29 Å². The van der Waals surface area contributed by atoms with E-state index in [1.807, 2.05) is 0 Å². The zero-order valence-corrected chi connectivity index (χ0v) is 16.3. The SMILES string of the molecule is COC(=O)CC(C#N)(CCCOC1CCCCO1)c1ccc(Cl)c(Cl)c1. The lowest BCUT2D eigenvalue weighted by molar-refractivity contribution is -0.163. The van der Waals surface area contributed by atoms with Gasteiger partial charge in [0.1, 0.15) is 0 Å². The Morgan fingerprint density at radius 1 is 1.38 bits per heavy atom. The third kappa shape index (κ3) is 5.59. The van der Waals surface area contributed by atoms with E-state index in [9.17, 15) is 10.1 Å². The average molecular weight is 400 g/mol. The molecule has 2 rings (SSSR count). The molecule has 1 aromatic rings. The van der Waals surface area contributed by atoms with Crippen molar-refractivity contribution in [3.63, 3.8) is 0 Å². The van der Waals surface area contributed by atoms with Gasteiger partial charge in [-0.3, -0.25) is 4.79 Å². The molecule has 5 nitrogen and oxygen atoms in total. The zero-order valence-electron chi connectivity index (χ0n) is 14.8. The number of ether oxygens (including phenoxy) is 3. The highest BCUT2D eigenvalue weighted by molar-refractivity contribution is 6.42. The molecule has 0 N–H and O–H groups in total. The molecule has 142 valence electrons. The second-order valence-corrected chi connectivity index (χ2v) is 7.16. The lowest BCUT2D eigenvalue weighted by atomic mass is 9.75. The lowest BCUT2D eigenvalue weighted by Gasteiger charge is -2.27. The second-order valence-electron chi connectivity index (χ2n) is 6.35. The van der Waals surface area contributed by atoms with Crippen LogP contribution in [0.15, 0.2) is 18.2 Å². The maximum Gasteiger partial charge on any atom is 0.307 e. The van der Waals surface area contributed by atoms with E-state index in [1.165, 1.54) is 7.11 Å². The molecule has 7 heteroatoms. The monoisotopic (exact) mass is 399 g/mol. The highest BCUT2D eigenvalue weighted by Crippen LogP contribution is 2.36. The van der Waals surface area contributed by atoms with Gasteiger partial charge < -0.3 is 14.2 Å². The number of halogens is 2. The molecule has 26 heavy (non-hydrogen) atoms. The highest BCUT2D eigenvalue weighted by Gasteiger charge is 2.35. The molecular formula is C19H23Cl2NO4. The van der Waals surface area contributed by atoms with E-state index in [1.54, 1.807) is 18.2 Å². The van der Waals surface area contributed by atoms with Gasteiger partial charge in [-0.15, -0.1) is 0 Å². The Morgan fingerprint density at radius 2 is 2.19 bits per heavy atom. The Hall–Kier alpha value is -1.32. The third-order valence-corrected chi connectivity index (χ3v) is 5.29. The predicted molar refractivity (Wildman–Crippen MR) is 99.2 cm³/mol. The van der Waals surface area contributed by atoms with Gasteiger partial charge in [0.2, 0.25) is 0 Å². The number of nitrogens with zero attached hydrogens (tertiary/aromatic N) is 1. The largest absolute Gasteiger partial charge is 0.469 e. The van der Waals surface area contributed by atoms with Crippen LogP contribution in [-0.2, 0) is 24.4 Å². The van der Waals surface area contributed by atoms with E-state index in [0.717, 1.165) is 25.9 Å². The van der Waals surface area contributed by atoms with Crippen LogP contribution in [0.4, 0.5) is 0 Å². The van der Waals surface area contributed by atoms with Gasteiger partial charge in [-0.1, -0.05) is 29.3 Å². The highest BCUT2D eigenvalue weighted by atomic mass is 35.5. The molecule has 0 radical (unpaired) electrons. The first kappa shape index (κ1) is 21.0. The summed E-state index contributed by atoms with van der Waals surface area (Å²) in [5, 5.41) is 10.6. The first-order chi connectivity index (χ1) is 12.5. The quantitative estimate of drug-likeness (QED) is 0.470. The molecular weight excluding hydrogens is 377 g/mol. The van der Waals surface area contributed by atoms with Crippen LogP contribution in [-0.4, -0.2) is 32.6 Å². The van der Waals surface area contributed by atoms with Crippen molar-refractivity contribution in [1.82, 2.24) is 0 Å². The van der Waals surface area contributed by atoms with Gasteiger partial charge in [-0.05, 0) is 49.8 Å². The van der Waals surface area contributed by atoms with E-state index >= 15 is 0 Å². The summed E-state index contributed by atoms with van der Waals surface area (Å²) < 4.78 is 16.1. The fraction of sp³-hybridized carbons (Fsp3) is 0.579. The summed E-state index contributed by atoms with van der Waals surface area (Å²) in [5.41, 5.74) is -0.397. The molecule has 0 aromatic heterocycles. The smallest absolute Gasteiger partial charge is 0.307 e. The molecule has 1 aliphatic rings. The minimum Gasteiger partial charge on any atom is -0.469 e. The number of rotatable bonds is 8. The number of carbonyl (C=O) groups is 1. The summed E-state index contributed by atoms with van der Waals surface area (Å²) in [7, 11) is 1.31. The van der Waals surface area contributed by atoms with Crippen molar-refractivity contribution in [3.8, 4) is 6.07 Å². The summed E-state index contributed by atoms with van der Waals surface area (Å²) >= 11 is 12.1. The predicted octanol–water partition coefficient (Wildman–Crippen LogP) is 4.64. The van der Waals surface area contributed by atoms with Crippen molar-refractivity contribution in [2.75, 3.05) is 20.3 Å². The number of esters is 1. The second kappa shape index (κ2) is 10.1. The number of methoxy groups -OCH3 is 1. The molecule has 0 aliphatic carbocycles. The van der Waals surface area contributed by atoms with E-state index < -0.39 is 11.4 Å². The summed E-state index contributed by atoms with van der Waals surface area (Å²) in [6, 6.07) is 7.29. The van der Waals surface area contributed by atoms with Gasteiger partial charge in [-0.2, -0.15) is 5.26 Å². The molecule has 1 aromatic carbocycles. The molecule has 1 heterocycles. The van der Waals surface area contributed by atoms with E-state index in [-0.39, 0.29) is 12.7 Å². The fourth-order valence-corrected chi connectivity index (χ4v) is 3.34. The molecule has 1 saturated heterocycles. The maximum absolute atomic E-state index is 11.9. The van der Waals surface area contributed by atoms with Gasteiger partial charge in [0.25, 0.3) is 0 Å². The molecule has 0 saturated carbocycles. The van der Waals surface area contributed by atoms with Crippen molar-refractivity contribution < 1.29 is 19.0 Å². The van der Waals surface area contributed by atoms with Gasteiger partial charge >= 0.3 is 5.97 Å². The van der Waals surface area contributed by atoms with Crippen molar-refractivity contribution >= 4 is 29.2 Å². The molecule has 2 unspecified atom stereocenters. The van der Waals surface area contributed by atoms with Crippen molar-refractivity contribution in [2.24, 2.45) is 0 Å². The van der Waals surface area contributed by atoms with Crippen molar-refractivity contribution in [3.05, 3.63) is 33.8 Å². The molecule has 2 atom stereocenters. The standard InChI is InChI=1S/C19H23Cl2NO4/c1-24-17(23)12-19(13-22,14-6-7-15(20)16(21)11-14)8-4-10-26-18-5-2-3-9-25-18/h6-7,11,18H,2-5,8-10,12H2,1H3. The first-order valence-electron chi connectivity index (χ1n) is 8.67. The molecule has 1 fully saturated rings. The summed E-state index contributed by atoms with van der Waals surface area (Å²) in [6.07, 6.45) is 3.85. The van der Waals surface area contributed by atoms with E-state index in [2.05, 4.69) is 6.07 Å². The van der Waals surface area contributed by atoms with Gasteiger partial charge in [-0.25, -0.2) is 0 Å². The van der Waals surface area contributed by atoms with Crippen LogP contribution in [0.25, 0.3) is 0 Å². The van der Waals surface area contributed by atoms with Gasteiger partial charge in [0, 0.05) is 13.2 Å². The molecule has 0 bridgehead atoms. The van der Waals surface area contributed by atoms with Gasteiger partial charge in [0.05, 0.1) is 35.1 Å². The zero-order chi connectivity index (χ0) is 19.0. The Balaban J connectivity index is 2.07. The Morgan fingerprint density at radius 3 is 2.81 bits per heavy atom.